The van der Waals surface area contributed by atoms with Crippen LogP contribution in [-0.4, -0.2) is 19.9 Å². The van der Waals surface area contributed by atoms with Crippen molar-refractivity contribution in [1.29, 1.82) is 0 Å². The Kier molecular flexibility index (Phi) is 4.26. The Hall–Kier alpha value is -2.64. The lowest BCUT2D eigenvalue weighted by atomic mass is 10.1. The number of aryl methyl sites for hydroxylation is 2. The molecule has 6 nitrogen and oxygen atoms in total. The molecule has 0 saturated heterocycles. The van der Waals surface area contributed by atoms with Crippen LogP contribution in [0.4, 0.5) is 0 Å². The Labute approximate surface area is 175 Å². The monoisotopic (exact) mass is 427 g/mol. The van der Waals surface area contributed by atoms with Crippen LogP contribution in [0, 0.1) is 6.92 Å². The predicted octanol–water partition coefficient (Wildman–Crippen LogP) is 4.09. The summed E-state index contributed by atoms with van der Waals surface area (Å²) >= 11 is 7.75. The van der Waals surface area contributed by atoms with Crippen molar-refractivity contribution in [3.05, 3.63) is 79.5 Å². The Bertz CT molecular complexity index is 1380. The molecule has 4 heterocycles. The lowest BCUT2D eigenvalue weighted by Crippen LogP contribution is -2.28. The molecule has 0 bridgehead atoms. The standard InChI is InChI=1S/C21H18ClN3O3S/c1-11-4-3-5-12(10-11)16-15-17(24(2)21(27)23-20(15)26)18-19(29-9-8-25(16)18)13-6-7-14(22)28-13/h3-7,10,19H,8-9H2,1-2H3,(H,23,26,27). The minimum Gasteiger partial charge on any atom is -0.448 e. The van der Waals surface area contributed by atoms with Crippen LogP contribution >= 0.6 is 23.4 Å². The second-order valence-electron chi connectivity index (χ2n) is 7.19. The molecule has 5 rings (SSSR count). The normalized spacial score (nSPS) is 16.3. The molecule has 1 unspecified atom stereocenters. The van der Waals surface area contributed by atoms with Gasteiger partial charge in [-0.3, -0.25) is 14.3 Å². The summed E-state index contributed by atoms with van der Waals surface area (Å²) in [6.45, 7) is 2.76. The molecule has 29 heavy (non-hydrogen) atoms. The molecular formula is C21H18ClN3O3S. The number of benzene rings is 1. The zero-order valence-corrected chi connectivity index (χ0v) is 17.4. The van der Waals surface area contributed by atoms with E-state index in [1.165, 1.54) is 4.57 Å². The van der Waals surface area contributed by atoms with Gasteiger partial charge in [0.1, 0.15) is 11.0 Å². The molecule has 1 aromatic carbocycles. The maximum atomic E-state index is 13.0. The molecule has 0 fully saturated rings. The van der Waals surface area contributed by atoms with Crippen LogP contribution < -0.4 is 11.2 Å². The van der Waals surface area contributed by atoms with Crippen LogP contribution in [0.1, 0.15) is 22.3 Å². The largest absolute Gasteiger partial charge is 0.448 e. The molecule has 0 spiro atoms. The van der Waals surface area contributed by atoms with Crippen molar-refractivity contribution in [2.75, 3.05) is 5.75 Å². The van der Waals surface area contributed by atoms with Gasteiger partial charge in [-0.05, 0) is 42.3 Å². The van der Waals surface area contributed by atoms with Crippen molar-refractivity contribution in [1.82, 2.24) is 14.1 Å². The molecule has 1 atom stereocenters. The van der Waals surface area contributed by atoms with E-state index in [4.69, 9.17) is 16.0 Å². The molecule has 0 radical (unpaired) electrons. The molecule has 0 saturated carbocycles. The summed E-state index contributed by atoms with van der Waals surface area (Å²) in [5.74, 6) is 1.56. The first-order valence-corrected chi connectivity index (χ1v) is 10.7. The number of hydrogen-bond acceptors (Lipinski definition) is 4. The summed E-state index contributed by atoms with van der Waals surface area (Å²) in [7, 11) is 1.69. The molecule has 1 aliphatic heterocycles. The van der Waals surface area contributed by atoms with E-state index in [0.29, 0.717) is 21.9 Å². The number of fused-ring (bicyclic) bond motifs is 3. The van der Waals surface area contributed by atoms with Gasteiger partial charge in [-0.2, -0.15) is 0 Å². The van der Waals surface area contributed by atoms with Crippen LogP contribution in [0.5, 0.6) is 0 Å². The second kappa shape index (κ2) is 6.71. The SMILES string of the molecule is Cc1cccc(-c2c3c(=O)[nH]c(=O)n(C)c3c3n2CCSC3c2ccc(Cl)o2)c1. The van der Waals surface area contributed by atoms with E-state index in [1.807, 2.05) is 31.2 Å². The summed E-state index contributed by atoms with van der Waals surface area (Å²) in [5.41, 5.74) is 3.62. The van der Waals surface area contributed by atoms with Gasteiger partial charge in [-0.1, -0.05) is 23.8 Å². The van der Waals surface area contributed by atoms with Crippen molar-refractivity contribution >= 4 is 34.3 Å². The van der Waals surface area contributed by atoms with Gasteiger partial charge in [-0.25, -0.2) is 4.79 Å². The van der Waals surface area contributed by atoms with Gasteiger partial charge in [0.25, 0.3) is 5.56 Å². The quantitative estimate of drug-likeness (QED) is 0.523. The van der Waals surface area contributed by atoms with E-state index in [0.717, 1.165) is 34.8 Å². The summed E-state index contributed by atoms with van der Waals surface area (Å²) in [5, 5.41) is 0.682. The zero-order valence-electron chi connectivity index (χ0n) is 15.9. The third kappa shape index (κ3) is 2.80. The minimum atomic E-state index is -0.432. The lowest BCUT2D eigenvalue weighted by molar-refractivity contribution is 0.511. The van der Waals surface area contributed by atoms with Gasteiger partial charge in [0.15, 0.2) is 5.22 Å². The van der Waals surface area contributed by atoms with Crippen molar-refractivity contribution < 1.29 is 4.42 Å². The number of thioether (sulfide) groups is 1. The van der Waals surface area contributed by atoms with E-state index in [-0.39, 0.29) is 10.8 Å². The van der Waals surface area contributed by atoms with E-state index < -0.39 is 5.69 Å². The van der Waals surface area contributed by atoms with Crippen LogP contribution in [0.25, 0.3) is 22.2 Å². The number of nitrogens with one attached hydrogen (secondary N) is 1. The van der Waals surface area contributed by atoms with Gasteiger partial charge in [0, 0.05) is 19.3 Å². The van der Waals surface area contributed by atoms with Crippen LogP contribution in [-0.2, 0) is 13.6 Å². The van der Waals surface area contributed by atoms with Crippen LogP contribution in [0.15, 0.2) is 50.4 Å². The lowest BCUT2D eigenvalue weighted by Gasteiger charge is -2.25. The maximum absolute atomic E-state index is 13.0. The Morgan fingerprint density at radius 3 is 2.79 bits per heavy atom. The Morgan fingerprint density at radius 2 is 2.07 bits per heavy atom. The van der Waals surface area contributed by atoms with Gasteiger partial charge < -0.3 is 8.98 Å². The molecule has 0 aliphatic carbocycles. The van der Waals surface area contributed by atoms with Gasteiger partial charge in [0.2, 0.25) is 0 Å². The fourth-order valence-electron chi connectivity index (χ4n) is 4.14. The summed E-state index contributed by atoms with van der Waals surface area (Å²) in [4.78, 5) is 27.9. The zero-order chi connectivity index (χ0) is 20.3. The highest BCUT2D eigenvalue weighted by Gasteiger charge is 2.33. The third-order valence-electron chi connectivity index (χ3n) is 5.36. The van der Waals surface area contributed by atoms with E-state index in [2.05, 4.69) is 15.6 Å². The van der Waals surface area contributed by atoms with Crippen molar-refractivity contribution in [2.45, 2.75) is 18.7 Å². The molecule has 0 amide bonds. The number of halogens is 1. The first-order chi connectivity index (χ1) is 14.0. The third-order valence-corrected chi connectivity index (χ3v) is 6.77. The van der Waals surface area contributed by atoms with Crippen molar-refractivity contribution in [3.8, 4) is 11.3 Å². The average Bonchev–Trinajstić information content (AvgIpc) is 3.28. The fraction of sp³-hybridized carbons (Fsp3) is 0.238. The topological polar surface area (TPSA) is 72.9 Å². The number of H-pyrrole nitrogens is 1. The number of aromatic nitrogens is 3. The first-order valence-electron chi connectivity index (χ1n) is 9.25. The molecule has 1 aliphatic rings. The van der Waals surface area contributed by atoms with Gasteiger partial charge in [-0.15, -0.1) is 11.8 Å². The number of aromatic amines is 1. The maximum Gasteiger partial charge on any atom is 0.328 e. The van der Waals surface area contributed by atoms with E-state index in [9.17, 15) is 9.59 Å². The van der Waals surface area contributed by atoms with Crippen LogP contribution in [0.3, 0.4) is 0 Å². The van der Waals surface area contributed by atoms with Crippen LogP contribution in [0.2, 0.25) is 5.22 Å². The van der Waals surface area contributed by atoms with E-state index in [1.54, 1.807) is 24.9 Å². The molecule has 1 N–H and O–H groups in total. The van der Waals surface area contributed by atoms with Gasteiger partial charge in [0.05, 0.1) is 22.3 Å². The number of rotatable bonds is 2. The highest BCUT2D eigenvalue weighted by Crippen LogP contribution is 2.46. The highest BCUT2D eigenvalue weighted by atomic mass is 35.5. The molecule has 4 aromatic rings. The summed E-state index contributed by atoms with van der Waals surface area (Å²) in [6.07, 6.45) is 0. The molecular weight excluding hydrogens is 410 g/mol. The minimum absolute atomic E-state index is 0.162. The summed E-state index contributed by atoms with van der Waals surface area (Å²) < 4.78 is 9.40. The average molecular weight is 428 g/mol. The Morgan fingerprint density at radius 1 is 1.24 bits per heavy atom. The van der Waals surface area contributed by atoms with Crippen molar-refractivity contribution in [3.63, 3.8) is 0 Å². The van der Waals surface area contributed by atoms with Gasteiger partial charge >= 0.3 is 5.69 Å². The second-order valence-corrected chi connectivity index (χ2v) is 8.78. The number of furan rings is 1. The van der Waals surface area contributed by atoms with E-state index >= 15 is 0 Å². The Balaban J connectivity index is 1.94. The van der Waals surface area contributed by atoms with Crippen molar-refractivity contribution in [2.24, 2.45) is 7.05 Å². The molecule has 8 heteroatoms. The first kappa shape index (κ1) is 18.4. The predicted molar refractivity (Wildman–Crippen MR) is 116 cm³/mol. The summed E-state index contributed by atoms with van der Waals surface area (Å²) in [6, 6.07) is 11.6. The fourth-order valence-corrected chi connectivity index (χ4v) is 5.50. The highest BCUT2D eigenvalue weighted by molar-refractivity contribution is 7.99. The molecule has 3 aromatic heterocycles. The smallest absolute Gasteiger partial charge is 0.328 e. The number of hydrogen-bond donors (Lipinski definition) is 1. The molecule has 148 valence electrons. The number of nitrogens with zero attached hydrogens (tertiary/aromatic N) is 2.